The Kier molecular flexibility index (Phi) is 4.52. The Morgan fingerprint density at radius 2 is 2.31 bits per heavy atom. The Morgan fingerprint density at radius 1 is 1.62 bits per heavy atom. The summed E-state index contributed by atoms with van der Waals surface area (Å²) in [5.41, 5.74) is 0.723. The zero-order valence-electron chi connectivity index (χ0n) is 9.73. The van der Waals surface area contributed by atoms with Crippen LogP contribution in [0.2, 0.25) is 0 Å². The highest BCUT2D eigenvalue weighted by Crippen LogP contribution is 2.31. The Bertz CT molecular complexity index is 306. The third-order valence-corrected chi connectivity index (χ3v) is 3.20. The van der Waals surface area contributed by atoms with Crippen LogP contribution in [0.25, 0.3) is 0 Å². The second-order valence-corrected chi connectivity index (χ2v) is 4.33. The molecule has 0 aliphatic heterocycles. The van der Waals surface area contributed by atoms with Gasteiger partial charge >= 0.3 is 11.9 Å². The molecule has 90 valence electrons. The number of rotatable bonds is 4. The molecule has 1 rings (SSSR count). The number of ether oxygens (including phenoxy) is 1. The standard InChI is InChI=1S/C12H18O4/c1-8(7-11(13)14)9-3-5-10(6-4-9)12(15)16-2/h5,8-9H,3-4,6-7H2,1-2H3,(H,13,14). The first kappa shape index (κ1) is 12.7. The Balaban J connectivity index is 2.50. The maximum absolute atomic E-state index is 11.2. The van der Waals surface area contributed by atoms with Crippen molar-refractivity contribution in [3.63, 3.8) is 0 Å². The van der Waals surface area contributed by atoms with Gasteiger partial charge in [-0.15, -0.1) is 0 Å². The molecule has 0 fully saturated rings. The zero-order chi connectivity index (χ0) is 12.1. The first-order valence-corrected chi connectivity index (χ1v) is 5.53. The van der Waals surface area contributed by atoms with Gasteiger partial charge in [-0.3, -0.25) is 4.79 Å². The summed E-state index contributed by atoms with van der Waals surface area (Å²) < 4.78 is 4.65. The highest BCUT2D eigenvalue weighted by molar-refractivity contribution is 5.88. The molecule has 1 aliphatic carbocycles. The molecule has 0 aromatic rings. The van der Waals surface area contributed by atoms with Crippen LogP contribution in [0.5, 0.6) is 0 Å². The molecule has 0 spiro atoms. The van der Waals surface area contributed by atoms with E-state index in [1.165, 1.54) is 7.11 Å². The Labute approximate surface area is 95.3 Å². The van der Waals surface area contributed by atoms with Crippen LogP contribution >= 0.6 is 0 Å². The van der Waals surface area contributed by atoms with E-state index in [1.807, 2.05) is 13.0 Å². The molecule has 0 saturated heterocycles. The first-order valence-electron chi connectivity index (χ1n) is 5.53. The average Bonchev–Trinajstić information content (AvgIpc) is 2.27. The largest absolute Gasteiger partial charge is 0.481 e. The number of carbonyl (C=O) groups excluding carboxylic acids is 1. The minimum Gasteiger partial charge on any atom is -0.481 e. The van der Waals surface area contributed by atoms with Gasteiger partial charge in [0.1, 0.15) is 0 Å². The summed E-state index contributed by atoms with van der Waals surface area (Å²) in [7, 11) is 1.38. The molecule has 4 nitrogen and oxygen atoms in total. The van der Waals surface area contributed by atoms with Gasteiger partial charge in [0.15, 0.2) is 0 Å². The number of esters is 1. The molecule has 16 heavy (non-hydrogen) atoms. The third-order valence-electron chi connectivity index (χ3n) is 3.20. The number of hydrogen-bond acceptors (Lipinski definition) is 3. The number of methoxy groups -OCH3 is 1. The van der Waals surface area contributed by atoms with E-state index in [2.05, 4.69) is 4.74 Å². The van der Waals surface area contributed by atoms with Crippen molar-refractivity contribution in [2.45, 2.75) is 32.6 Å². The topological polar surface area (TPSA) is 63.6 Å². The van der Waals surface area contributed by atoms with Crippen LogP contribution in [0.1, 0.15) is 32.6 Å². The van der Waals surface area contributed by atoms with E-state index in [-0.39, 0.29) is 18.3 Å². The number of aliphatic carboxylic acids is 1. The van der Waals surface area contributed by atoms with Gasteiger partial charge in [-0.05, 0) is 31.1 Å². The van der Waals surface area contributed by atoms with Crippen LogP contribution in [0, 0.1) is 11.8 Å². The number of carbonyl (C=O) groups is 2. The second kappa shape index (κ2) is 5.68. The third kappa shape index (κ3) is 3.36. The van der Waals surface area contributed by atoms with E-state index in [4.69, 9.17) is 5.11 Å². The first-order chi connectivity index (χ1) is 7.54. The zero-order valence-corrected chi connectivity index (χ0v) is 9.73. The minimum absolute atomic E-state index is 0.160. The summed E-state index contributed by atoms with van der Waals surface area (Å²) in [6.45, 7) is 1.95. The lowest BCUT2D eigenvalue weighted by Crippen LogP contribution is -2.19. The van der Waals surface area contributed by atoms with Gasteiger partial charge < -0.3 is 9.84 Å². The van der Waals surface area contributed by atoms with Gasteiger partial charge in [0.2, 0.25) is 0 Å². The number of hydrogen-bond donors (Lipinski definition) is 1. The molecule has 0 amide bonds. The number of allylic oxidation sites excluding steroid dienone is 1. The van der Waals surface area contributed by atoms with E-state index in [1.54, 1.807) is 0 Å². The van der Waals surface area contributed by atoms with Crippen molar-refractivity contribution in [2.24, 2.45) is 11.8 Å². The van der Waals surface area contributed by atoms with E-state index in [9.17, 15) is 9.59 Å². The molecule has 2 atom stereocenters. The molecule has 1 N–H and O–H groups in total. The second-order valence-electron chi connectivity index (χ2n) is 4.33. The predicted octanol–water partition coefficient (Wildman–Crippen LogP) is 2.00. The Hall–Kier alpha value is -1.32. The summed E-state index contributed by atoms with van der Waals surface area (Å²) in [6, 6.07) is 0. The van der Waals surface area contributed by atoms with Gasteiger partial charge in [-0.2, -0.15) is 0 Å². The highest BCUT2D eigenvalue weighted by Gasteiger charge is 2.24. The van der Waals surface area contributed by atoms with E-state index < -0.39 is 5.97 Å². The fraction of sp³-hybridized carbons (Fsp3) is 0.667. The lowest BCUT2D eigenvalue weighted by atomic mass is 9.80. The molecule has 2 unspecified atom stereocenters. The molecular weight excluding hydrogens is 208 g/mol. The lowest BCUT2D eigenvalue weighted by Gasteiger charge is -2.25. The fourth-order valence-corrected chi connectivity index (χ4v) is 2.13. The number of carboxylic acids is 1. The molecular formula is C12H18O4. The van der Waals surface area contributed by atoms with Crippen LogP contribution < -0.4 is 0 Å². The summed E-state index contributed by atoms with van der Waals surface area (Å²) in [5.74, 6) is -0.489. The van der Waals surface area contributed by atoms with E-state index in [0.717, 1.165) is 18.4 Å². The van der Waals surface area contributed by atoms with Crippen molar-refractivity contribution in [3.8, 4) is 0 Å². The van der Waals surface area contributed by atoms with Crippen LogP contribution in [0.15, 0.2) is 11.6 Å². The van der Waals surface area contributed by atoms with Gasteiger partial charge in [0.25, 0.3) is 0 Å². The van der Waals surface area contributed by atoms with Crippen molar-refractivity contribution in [1.29, 1.82) is 0 Å². The van der Waals surface area contributed by atoms with Crippen molar-refractivity contribution in [2.75, 3.05) is 7.11 Å². The van der Waals surface area contributed by atoms with Crippen LogP contribution in [0.4, 0.5) is 0 Å². The van der Waals surface area contributed by atoms with Gasteiger partial charge in [-0.1, -0.05) is 13.0 Å². The van der Waals surface area contributed by atoms with Crippen molar-refractivity contribution < 1.29 is 19.4 Å². The average molecular weight is 226 g/mol. The number of carboxylic acid groups (broad SMARTS) is 1. The van der Waals surface area contributed by atoms with Crippen LogP contribution in [-0.4, -0.2) is 24.2 Å². The molecule has 4 heteroatoms. The predicted molar refractivity (Wildman–Crippen MR) is 58.9 cm³/mol. The summed E-state index contributed by atoms with van der Waals surface area (Å²) in [6.07, 6.45) is 4.43. The molecule has 0 aromatic heterocycles. The maximum Gasteiger partial charge on any atom is 0.333 e. The molecule has 0 bridgehead atoms. The maximum atomic E-state index is 11.2. The van der Waals surface area contributed by atoms with E-state index >= 15 is 0 Å². The van der Waals surface area contributed by atoms with Crippen molar-refractivity contribution in [3.05, 3.63) is 11.6 Å². The fourth-order valence-electron chi connectivity index (χ4n) is 2.13. The lowest BCUT2D eigenvalue weighted by molar-refractivity contribution is -0.139. The minimum atomic E-state index is -0.754. The smallest absolute Gasteiger partial charge is 0.333 e. The molecule has 0 heterocycles. The molecule has 1 aliphatic rings. The van der Waals surface area contributed by atoms with Crippen molar-refractivity contribution >= 4 is 11.9 Å². The van der Waals surface area contributed by atoms with Gasteiger partial charge in [-0.25, -0.2) is 4.79 Å². The highest BCUT2D eigenvalue weighted by atomic mass is 16.5. The van der Waals surface area contributed by atoms with E-state index in [0.29, 0.717) is 12.3 Å². The van der Waals surface area contributed by atoms with Crippen LogP contribution in [0.3, 0.4) is 0 Å². The monoisotopic (exact) mass is 226 g/mol. The Morgan fingerprint density at radius 3 is 2.75 bits per heavy atom. The SMILES string of the molecule is COC(=O)C1=CCC(C(C)CC(=O)O)CC1. The summed E-state index contributed by atoms with van der Waals surface area (Å²) in [5, 5.41) is 8.70. The summed E-state index contributed by atoms with van der Waals surface area (Å²) in [4.78, 5) is 21.8. The van der Waals surface area contributed by atoms with Crippen molar-refractivity contribution in [1.82, 2.24) is 0 Å². The summed E-state index contributed by atoms with van der Waals surface area (Å²) >= 11 is 0. The van der Waals surface area contributed by atoms with Gasteiger partial charge in [0.05, 0.1) is 7.11 Å². The normalized spacial score (nSPS) is 22.1. The van der Waals surface area contributed by atoms with Gasteiger partial charge in [0, 0.05) is 12.0 Å². The molecule has 0 radical (unpaired) electrons. The molecule has 0 aromatic carbocycles. The molecule has 0 saturated carbocycles. The van der Waals surface area contributed by atoms with Crippen LogP contribution in [-0.2, 0) is 14.3 Å². The quantitative estimate of drug-likeness (QED) is 0.745.